The molecule has 4 aromatic rings. The van der Waals surface area contributed by atoms with Gasteiger partial charge in [-0.2, -0.15) is 9.97 Å². The molecule has 18 heteroatoms. The first-order valence-electron chi connectivity index (χ1n) is 11.6. The van der Waals surface area contributed by atoms with E-state index in [2.05, 4.69) is 20.3 Å². The van der Waals surface area contributed by atoms with Crippen LogP contribution in [0.3, 0.4) is 0 Å². The standard InChI is InChI=1S/C22H24ClN5O10P2/c1-36-14-4-2-3-11-7-12(5-6-13(11)14)25-19-16-20(27-22(23)26-19)28(9-24-16)21-18(30)17(29)15(38-21)8-37-40(34,35)10-39(31,32)33/h2-7,9,15,17-18,21,29-30H,8,10H2,1H3,(H,34,35)(H,25,26,27)(H2,31,32,33)/t15-,17+,18+,21-/m1/s1. The van der Waals surface area contributed by atoms with Gasteiger partial charge in [0.1, 0.15) is 24.1 Å². The van der Waals surface area contributed by atoms with Gasteiger partial charge in [-0.05, 0) is 41.3 Å². The molecule has 0 bridgehead atoms. The summed E-state index contributed by atoms with van der Waals surface area (Å²) in [6.45, 7) is -0.732. The molecule has 0 saturated carbocycles. The van der Waals surface area contributed by atoms with Crippen LogP contribution in [0.25, 0.3) is 21.9 Å². The van der Waals surface area contributed by atoms with E-state index < -0.39 is 52.2 Å². The minimum Gasteiger partial charge on any atom is -0.496 e. The number of nitrogens with one attached hydrogen (secondary N) is 1. The summed E-state index contributed by atoms with van der Waals surface area (Å²) in [5.74, 6) is -0.431. The van der Waals surface area contributed by atoms with E-state index in [4.69, 9.17) is 35.4 Å². The van der Waals surface area contributed by atoms with Crippen LogP contribution in [-0.4, -0.2) is 82.3 Å². The van der Waals surface area contributed by atoms with Crippen LogP contribution in [0.1, 0.15) is 6.23 Å². The monoisotopic (exact) mass is 615 g/mol. The predicted molar refractivity (Wildman–Crippen MR) is 143 cm³/mol. The number of hydrogen-bond acceptors (Lipinski definition) is 11. The average molecular weight is 616 g/mol. The quantitative estimate of drug-likeness (QED) is 0.118. The number of nitrogens with zero attached hydrogens (tertiary/aromatic N) is 4. The van der Waals surface area contributed by atoms with Crippen molar-refractivity contribution < 1.29 is 48.0 Å². The Hall–Kier alpha value is -2.68. The minimum absolute atomic E-state index is 0.147. The Morgan fingerprint density at radius 1 is 1.12 bits per heavy atom. The highest BCUT2D eigenvalue weighted by atomic mass is 35.5. The summed E-state index contributed by atoms with van der Waals surface area (Å²) < 4.78 is 40.2. The third kappa shape index (κ3) is 5.99. The van der Waals surface area contributed by atoms with Gasteiger partial charge in [-0.3, -0.25) is 13.7 Å². The molecular weight excluding hydrogens is 592 g/mol. The topological polar surface area (TPSA) is 219 Å². The molecule has 0 radical (unpaired) electrons. The molecule has 5 rings (SSSR count). The fraction of sp³-hybridized carbons (Fsp3) is 0.318. The molecule has 1 aliphatic rings. The van der Waals surface area contributed by atoms with Crippen molar-refractivity contribution in [3.05, 3.63) is 48.0 Å². The summed E-state index contributed by atoms with van der Waals surface area (Å²) in [6.07, 6.45) is -4.42. The Bertz CT molecular complexity index is 1670. The van der Waals surface area contributed by atoms with Crippen molar-refractivity contribution in [3.63, 3.8) is 0 Å². The number of ether oxygens (including phenoxy) is 2. The second kappa shape index (κ2) is 11.0. The van der Waals surface area contributed by atoms with Gasteiger partial charge in [0.2, 0.25) is 5.28 Å². The van der Waals surface area contributed by atoms with Gasteiger partial charge < -0.3 is 44.2 Å². The van der Waals surface area contributed by atoms with Gasteiger partial charge in [0, 0.05) is 11.1 Å². The zero-order chi connectivity index (χ0) is 28.8. The van der Waals surface area contributed by atoms with Crippen LogP contribution in [0.4, 0.5) is 11.5 Å². The number of methoxy groups -OCH3 is 1. The predicted octanol–water partition coefficient (Wildman–Crippen LogP) is 2.34. The summed E-state index contributed by atoms with van der Waals surface area (Å²) in [5, 5.41) is 25.9. The van der Waals surface area contributed by atoms with Crippen molar-refractivity contribution >= 4 is 60.2 Å². The number of hydrogen-bond donors (Lipinski definition) is 6. The lowest BCUT2D eigenvalue weighted by atomic mass is 10.1. The highest BCUT2D eigenvalue weighted by Crippen LogP contribution is 2.55. The van der Waals surface area contributed by atoms with Crippen molar-refractivity contribution in [1.82, 2.24) is 19.5 Å². The second-order valence-electron chi connectivity index (χ2n) is 8.97. The van der Waals surface area contributed by atoms with Crippen LogP contribution < -0.4 is 10.1 Å². The molecule has 1 unspecified atom stereocenters. The Morgan fingerprint density at radius 3 is 2.62 bits per heavy atom. The zero-order valence-electron chi connectivity index (χ0n) is 20.6. The van der Waals surface area contributed by atoms with Crippen molar-refractivity contribution in [1.29, 1.82) is 0 Å². The van der Waals surface area contributed by atoms with Crippen LogP contribution in [0.15, 0.2) is 42.7 Å². The van der Waals surface area contributed by atoms with Gasteiger partial charge in [-0.15, -0.1) is 0 Å². The Kier molecular flexibility index (Phi) is 7.89. The molecule has 6 N–H and O–H groups in total. The van der Waals surface area contributed by atoms with Crippen LogP contribution in [0.2, 0.25) is 5.28 Å². The Morgan fingerprint density at radius 2 is 1.90 bits per heavy atom. The molecule has 5 atom stereocenters. The summed E-state index contributed by atoms with van der Waals surface area (Å²) in [6, 6.07) is 11.2. The maximum atomic E-state index is 12.0. The lowest BCUT2D eigenvalue weighted by Gasteiger charge is -2.18. The fourth-order valence-electron chi connectivity index (χ4n) is 4.37. The molecule has 214 valence electrons. The number of fused-ring (bicyclic) bond motifs is 2. The van der Waals surface area contributed by atoms with Gasteiger partial charge in [0.15, 0.2) is 29.1 Å². The van der Waals surface area contributed by atoms with Crippen molar-refractivity contribution in [2.24, 2.45) is 0 Å². The van der Waals surface area contributed by atoms with Gasteiger partial charge in [-0.1, -0.05) is 12.1 Å². The first kappa shape index (κ1) is 28.8. The maximum Gasteiger partial charge on any atom is 0.340 e. The van der Waals surface area contributed by atoms with Gasteiger partial charge in [0.25, 0.3) is 0 Å². The largest absolute Gasteiger partial charge is 0.496 e. The summed E-state index contributed by atoms with van der Waals surface area (Å²) >= 11 is 6.19. The number of benzene rings is 2. The van der Waals surface area contributed by atoms with E-state index in [0.29, 0.717) is 5.69 Å². The number of halogens is 1. The smallest absolute Gasteiger partial charge is 0.340 e. The van der Waals surface area contributed by atoms with E-state index in [1.807, 2.05) is 36.4 Å². The van der Waals surface area contributed by atoms with Crippen LogP contribution in [0, 0.1) is 0 Å². The molecule has 1 fully saturated rings. The number of aromatic nitrogens is 4. The van der Waals surface area contributed by atoms with Gasteiger partial charge in [0.05, 0.1) is 20.0 Å². The summed E-state index contributed by atoms with van der Waals surface area (Å²) in [7, 11) is -7.96. The molecule has 0 aliphatic carbocycles. The second-order valence-corrected chi connectivity index (χ2v) is 13.3. The van der Waals surface area contributed by atoms with E-state index in [1.165, 1.54) is 10.9 Å². The third-order valence-corrected chi connectivity index (χ3v) is 9.76. The summed E-state index contributed by atoms with van der Waals surface area (Å²) in [5.41, 5.74) is 1.08. The first-order valence-corrected chi connectivity index (χ1v) is 15.6. The van der Waals surface area contributed by atoms with E-state index in [9.17, 15) is 24.2 Å². The van der Waals surface area contributed by atoms with Crippen LogP contribution in [-0.2, 0) is 18.4 Å². The fourth-order valence-corrected chi connectivity index (χ4v) is 7.10. The maximum absolute atomic E-state index is 12.0. The number of imidazole rings is 1. The number of anilines is 2. The molecule has 0 spiro atoms. The van der Waals surface area contributed by atoms with E-state index in [0.717, 1.165) is 16.5 Å². The van der Waals surface area contributed by atoms with Crippen LogP contribution >= 0.6 is 26.8 Å². The molecule has 1 saturated heterocycles. The number of rotatable bonds is 9. The van der Waals surface area contributed by atoms with Gasteiger partial charge >= 0.3 is 15.2 Å². The normalized spacial score (nSPS) is 23.0. The Balaban J connectivity index is 1.39. The molecular formula is C22H24ClN5O10P2. The highest BCUT2D eigenvalue weighted by Gasteiger charge is 2.45. The first-order chi connectivity index (χ1) is 18.8. The minimum atomic E-state index is -4.85. The Labute approximate surface area is 231 Å². The molecule has 40 heavy (non-hydrogen) atoms. The van der Waals surface area contributed by atoms with Crippen molar-refractivity contribution in [2.45, 2.75) is 24.5 Å². The molecule has 1 aliphatic heterocycles. The molecule has 0 amide bonds. The van der Waals surface area contributed by atoms with Crippen LogP contribution in [0.5, 0.6) is 5.75 Å². The van der Waals surface area contributed by atoms with E-state index in [1.54, 1.807) is 7.11 Å². The lowest BCUT2D eigenvalue weighted by molar-refractivity contribution is -0.0483. The lowest BCUT2D eigenvalue weighted by Crippen LogP contribution is -2.33. The van der Waals surface area contributed by atoms with E-state index in [-0.39, 0.29) is 22.3 Å². The number of aliphatic hydroxyl groups is 2. The number of aliphatic hydroxyl groups excluding tert-OH is 2. The highest BCUT2D eigenvalue weighted by molar-refractivity contribution is 7.70. The molecule has 3 heterocycles. The summed E-state index contributed by atoms with van der Waals surface area (Å²) in [4.78, 5) is 40.3. The molecule has 15 nitrogen and oxygen atoms in total. The van der Waals surface area contributed by atoms with Crippen molar-refractivity contribution in [3.8, 4) is 5.75 Å². The zero-order valence-corrected chi connectivity index (χ0v) is 23.1. The molecule has 2 aromatic heterocycles. The molecule has 2 aromatic carbocycles. The SMILES string of the molecule is COc1cccc2cc(Nc3nc(Cl)nc4c3ncn4[C@@H]3O[C@H](COP(=O)(O)CP(=O)(O)O)[C@H](O)[C@@H]3O)ccc12. The third-order valence-electron chi connectivity index (χ3n) is 6.13. The van der Waals surface area contributed by atoms with E-state index >= 15 is 0 Å². The van der Waals surface area contributed by atoms with Gasteiger partial charge in [-0.25, -0.2) is 4.98 Å². The van der Waals surface area contributed by atoms with Crippen molar-refractivity contribution in [2.75, 3.05) is 24.9 Å². The average Bonchev–Trinajstić information content (AvgIpc) is 3.41.